The molecule has 2 aliphatic heterocycles. The minimum Gasteiger partial charge on any atom is -0.377 e. The Balaban J connectivity index is 1.60. The smallest absolute Gasteiger partial charge is 0.104 e. The quantitative estimate of drug-likeness (QED) is 0.824. The van der Waals surface area contributed by atoms with Crippen LogP contribution in [0.3, 0.4) is 0 Å². The average Bonchev–Trinajstić information content (AvgIpc) is 2.83. The lowest BCUT2D eigenvalue weighted by Crippen LogP contribution is -2.44. The summed E-state index contributed by atoms with van der Waals surface area (Å²) in [7, 11) is 2.20. The summed E-state index contributed by atoms with van der Waals surface area (Å²) < 4.78 is 12.2. The minimum atomic E-state index is -0.138. The second-order valence-electron chi connectivity index (χ2n) is 7.72. The number of nitrogens with zero attached hydrogens (tertiary/aromatic N) is 3. The number of aromatic nitrogens is 1. The molecule has 0 bridgehead atoms. The van der Waals surface area contributed by atoms with Gasteiger partial charge in [-0.05, 0) is 44.9 Å². The van der Waals surface area contributed by atoms with Gasteiger partial charge in [-0.25, -0.2) is 0 Å². The highest BCUT2D eigenvalue weighted by Gasteiger charge is 2.43. The zero-order chi connectivity index (χ0) is 17.0. The highest BCUT2D eigenvalue weighted by atomic mass is 16.5. The van der Waals surface area contributed by atoms with Gasteiger partial charge >= 0.3 is 0 Å². The molecule has 24 heavy (non-hydrogen) atoms. The Morgan fingerprint density at radius 2 is 2.33 bits per heavy atom. The van der Waals surface area contributed by atoms with Crippen LogP contribution >= 0.6 is 0 Å². The molecule has 0 N–H and O–H groups in total. The number of hydrogen-bond donors (Lipinski definition) is 0. The molecule has 2 unspecified atom stereocenters. The Morgan fingerprint density at radius 1 is 1.46 bits per heavy atom. The molecule has 2 atom stereocenters. The summed E-state index contributed by atoms with van der Waals surface area (Å²) in [6.07, 6.45) is 4.87. The first-order chi connectivity index (χ1) is 11.6. The van der Waals surface area contributed by atoms with E-state index in [1.54, 1.807) is 0 Å². The largest absolute Gasteiger partial charge is 0.377 e. The zero-order valence-corrected chi connectivity index (χ0v) is 15.3. The van der Waals surface area contributed by atoms with Gasteiger partial charge in [0.2, 0.25) is 0 Å². The number of pyridine rings is 1. The molecule has 0 amide bonds. The molecule has 2 saturated heterocycles. The highest BCUT2D eigenvalue weighted by molar-refractivity contribution is 5.08. The second kappa shape index (κ2) is 7.91. The molecule has 2 fully saturated rings. The summed E-state index contributed by atoms with van der Waals surface area (Å²) in [4.78, 5) is 9.10. The fourth-order valence-electron chi connectivity index (χ4n) is 3.75. The molecule has 0 aromatic carbocycles. The van der Waals surface area contributed by atoms with E-state index >= 15 is 0 Å². The summed E-state index contributed by atoms with van der Waals surface area (Å²) in [5.41, 5.74) is 1.12. The van der Waals surface area contributed by atoms with Crippen molar-refractivity contribution in [3.05, 3.63) is 30.1 Å². The SMILES string of the molecule is CC(C)N(C)CC1COC2(COCCN(Cc3cccnc3)C2)C1. The summed E-state index contributed by atoms with van der Waals surface area (Å²) in [6.45, 7) is 10.8. The number of hydrogen-bond acceptors (Lipinski definition) is 5. The van der Waals surface area contributed by atoms with Crippen LogP contribution in [-0.2, 0) is 16.0 Å². The van der Waals surface area contributed by atoms with Crippen LogP contribution in [0, 0.1) is 5.92 Å². The van der Waals surface area contributed by atoms with Gasteiger partial charge in [-0.1, -0.05) is 6.07 Å². The van der Waals surface area contributed by atoms with Gasteiger partial charge in [-0.15, -0.1) is 0 Å². The van der Waals surface area contributed by atoms with E-state index in [0.29, 0.717) is 12.0 Å². The molecule has 1 spiro atoms. The van der Waals surface area contributed by atoms with Crippen molar-refractivity contribution in [3.8, 4) is 0 Å². The van der Waals surface area contributed by atoms with Crippen molar-refractivity contribution in [2.75, 3.05) is 46.5 Å². The third-order valence-electron chi connectivity index (χ3n) is 5.27. The van der Waals surface area contributed by atoms with E-state index in [1.165, 1.54) is 5.56 Å². The molecule has 0 saturated carbocycles. The lowest BCUT2D eigenvalue weighted by atomic mass is 9.93. The fraction of sp³-hybridized carbons (Fsp3) is 0.737. The van der Waals surface area contributed by atoms with Crippen LogP contribution in [0.15, 0.2) is 24.5 Å². The number of ether oxygens (including phenoxy) is 2. The van der Waals surface area contributed by atoms with Crippen molar-refractivity contribution in [1.82, 2.24) is 14.8 Å². The lowest BCUT2D eigenvalue weighted by Gasteiger charge is -2.31. The minimum absolute atomic E-state index is 0.138. The fourth-order valence-corrected chi connectivity index (χ4v) is 3.75. The summed E-state index contributed by atoms with van der Waals surface area (Å²) in [5.74, 6) is 0.597. The van der Waals surface area contributed by atoms with Crippen molar-refractivity contribution in [1.29, 1.82) is 0 Å². The number of rotatable bonds is 5. The lowest BCUT2D eigenvalue weighted by molar-refractivity contribution is -0.0563. The average molecular weight is 333 g/mol. The molecule has 0 radical (unpaired) electrons. The van der Waals surface area contributed by atoms with E-state index in [1.807, 2.05) is 18.5 Å². The Hall–Kier alpha value is -1.01. The van der Waals surface area contributed by atoms with Crippen molar-refractivity contribution in [3.63, 3.8) is 0 Å². The van der Waals surface area contributed by atoms with Crippen LogP contribution in [0.5, 0.6) is 0 Å². The maximum Gasteiger partial charge on any atom is 0.104 e. The van der Waals surface area contributed by atoms with Crippen LogP contribution in [-0.4, -0.2) is 72.9 Å². The third-order valence-corrected chi connectivity index (χ3v) is 5.27. The van der Waals surface area contributed by atoms with Crippen molar-refractivity contribution < 1.29 is 9.47 Å². The molecule has 5 heteroatoms. The van der Waals surface area contributed by atoms with E-state index in [-0.39, 0.29) is 5.60 Å². The maximum atomic E-state index is 6.31. The predicted molar refractivity (Wildman–Crippen MR) is 94.9 cm³/mol. The van der Waals surface area contributed by atoms with E-state index in [0.717, 1.165) is 52.4 Å². The van der Waals surface area contributed by atoms with Gasteiger partial charge in [-0.2, -0.15) is 0 Å². The first-order valence-electron chi connectivity index (χ1n) is 9.09. The molecular weight excluding hydrogens is 302 g/mol. The molecule has 2 aliphatic rings. The molecule has 5 nitrogen and oxygen atoms in total. The van der Waals surface area contributed by atoms with E-state index in [2.05, 4.69) is 41.7 Å². The first-order valence-corrected chi connectivity index (χ1v) is 9.09. The standard InChI is InChI=1S/C19H31N3O2/c1-16(2)21(3)11-18-9-19(24-13-18)14-22(7-8-23-15-19)12-17-5-4-6-20-10-17/h4-6,10,16,18H,7-9,11-15H2,1-3H3. The molecular formula is C19H31N3O2. The first kappa shape index (κ1) is 17.8. The van der Waals surface area contributed by atoms with Crippen molar-refractivity contribution in [2.24, 2.45) is 5.92 Å². The van der Waals surface area contributed by atoms with E-state index < -0.39 is 0 Å². The molecule has 1 aromatic rings. The summed E-state index contributed by atoms with van der Waals surface area (Å²) >= 11 is 0. The van der Waals surface area contributed by atoms with Gasteiger partial charge in [0, 0.05) is 44.6 Å². The van der Waals surface area contributed by atoms with Crippen LogP contribution in [0.2, 0.25) is 0 Å². The van der Waals surface area contributed by atoms with Gasteiger partial charge in [0.05, 0.1) is 19.8 Å². The topological polar surface area (TPSA) is 37.8 Å². The van der Waals surface area contributed by atoms with Crippen LogP contribution in [0.1, 0.15) is 25.8 Å². The van der Waals surface area contributed by atoms with Crippen LogP contribution in [0.4, 0.5) is 0 Å². The Labute approximate surface area is 145 Å². The Morgan fingerprint density at radius 3 is 3.08 bits per heavy atom. The van der Waals surface area contributed by atoms with Gasteiger partial charge in [0.25, 0.3) is 0 Å². The van der Waals surface area contributed by atoms with Gasteiger partial charge in [-0.3, -0.25) is 9.88 Å². The summed E-state index contributed by atoms with van der Waals surface area (Å²) in [5, 5.41) is 0. The van der Waals surface area contributed by atoms with Crippen LogP contribution in [0.25, 0.3) is 0 Å². The van der Waals surface area contributed by atoms with Crippen LogP contribution < -0.4 is 0 Å². The summed E-state index contributed by atoms with van der Waals surface area (Å²) in [6, 6.07) is 4.72. The van der Waals surface area contributed by atoms with Crippen molar-refractivity contribution in [2.45, 2.75) is 38.5 Å². The molecule has 3 rings (SSSR count). The predicted octanol–water partition coefficient (Wildman–Crippen LogP) is 2.03. The highest BCUT2D eigenvalue weighted by Crippen LogP contribution is 2.33. The third kappa shape index (κ3) is 4.54. The van der Waals surface area contributed by atoms with E-state index in [4.69, 9.17) is 9.47 Å². The Kier molecular flexibility index (Phi) is 5.87. The monoisotopic (exact) mass is 333 g/mol. The molecule has 3 heterocycles. The zero-order valence-electron chi connectivity index (χ0n) is 15.3. The second-order valence-corrected chi connectivity index (χ2v) is 7.72. The Bertz CT molecular complexity index is 511. The maximum absolute atomic E-state index is 6.31. The van der Waals surface area contributed by atoms with E-state index in [9.17, 15) is 0 Å². The van der Waals surface area contributed by atoms with Gasteiger partial charge in [0.15, 0.2) is 0 Å². The normalized spacial score (nSPS) is 28.8. The molecule has 1 aromatic heterocycles. The molecule has 0 aliphatic carbocycles. The van der Waals surface area contributed by atoms with Crippen molar-refractivity contribution >= 4 is 0 Å². The van der Waals surface area contributed by atoms with Gasteiger partial charge < -0.3 is 14.4 Å². The van der Waals surface area contributed by atoms with Gasteiger partial charge in [0.1, 0.15) is 5.60 Å². The molecule has 134 valence electrons.